The Hall–Kier alpha value is -2.60. The minimum atomic E-state index is -3.43. The lowest BCUT2D eigenvalue weighted by molar-refractivity contribution is -0.120. The molecule has 0 aliphatic rings. The second-order valence-corrected chi connectivity index (χ2v) is 7.65. The van der Waals surface area contributed by atoms with E-state index in [1.165, 1.54) is 12.1 Å². The van der Waals surface area contributed by atoms with Crippen molar-refractivity contribution >= 4 is 26.6 Å². The van der Waals surface area contributed by atoms with E-state index in [0.29, 0.717) is 6.54 Å². The van der Waals surface area contributed by atoms with Crippen molar-refractivity contribution in [3.05, 3.63) is 66.4 Å². The fourth-order valence-electron chi connectivity index (χ4n) is 2.48. The molecule has 0 unspecified atom stereocenters. The molecule has 0 aliphatic carbocycles. The maximum absolute atomic E-state index is 12.1. The number of fused-ring (bicyclic) bond motifs is 1. The third-order valence-corrected chi connectivity index (χ3v) is 5.49. The molecule has 5 nitrogen and oxygen atoms in total. The van der Waals surface area contributed by atoms with Gasteiger partial charge in [-0.25, -0.2) is 8.42 Å². The SMILES string of the molecule is O=C(CCS(=O)(=O)c1ccccc1)NCc1cc2ccccc2[nH]1. The van der Waals surface area contributed by atoms with Crippen LogP contribution in [0, 0.1) is 0 Å². The maximum atomic E-state index is 12.1. The molecule has 3 aromatic rings. The Labute approximate surface area is 140 Å². The summed E-state index contributed by atoms with van der Waals surface area (Å²) in [5.41, 5.74) is 1.89. The number of aromatic nitrogens is 1. The Bertz CT molecular complexity index is 914. The second kappa shape index (κ2) is 6.88. The highest BCUT2D eigenvalue weighted by Gasteiger charge is 2.16. The number of hydrogen-bond donors (Lipinski definition) is 2. The summed E-state index contributed by atoms with van der Waals surface area (Å²) in [6, 6.07) is 18.0. The van der Waals surface area contributed by atoms with E-state index in [1.807, 2.05) is 30.3 Å². The molecule has 0 spiro atoms. The molecule has 0 saturated heterocycles. The monoisotopic (exact) mass is 342 g/mol. The third-order valence-electron chi connectivity index (χ3n) is 3.76. The first-order chi connectivity index (χ1) is 11.5. The molecule has 1 heterocycles. The first-order valence-electron chi connectivity index (χ1n) is 7.66. The van der Waals surface area contributed by atoms with E-state index >= 15 is 0 Å². The van der Waals surface area contributed by atoms with Crippen LogP contribution in [0.2, 0.25) is 0 Å². The number of hydrogen-bond acceptors (Lipinski definition) is 3. The van der Waals surface area contributed by atoms with E-state index in [1.54, 1.807) is 18.2 Å². The predicted molar refractivity (Wildman–Crippen MR) is 93.3 cm³/mol. The Morgan fingerprint density at radius 1 is 1.00 bits per heavy atom. The van der Waals surface area contributed by atoms with Gasteiger partial charge in [-0.15, -0.1) is 0 Å². The first-order valence-corrected chi connectivity index (χ1v) is 9.31. The van der Waals surface area contributed by atoms with Crippen molar-refractivity contribution in [3.8, 4) is 0 Å². The van der Waals surface area contributed by atoms with Gasteiger partial charge in [0.1, 0.15) is 0 Å². The lowest BCUT2D eigenvalue weighted by Crippen LogP contribution is -2.25. The summed E-state index contributed by atoms with van der Waals surface area (Å²) in [7, 11) is -3.43. The fourth-order valence-corrected chi connectivity index (χ4v) is 3.75. The van der Waals surface area contributed by atoms with Crippen LogP contribution in [0.4, 0.5) is 0 Å². The van der Waals surface area contributed by atoms with Crippen molar-refractivity contribution in [3.63, 3.8) is 0 Å². The van der Waals surface area contributed by atoms with Crippen molar-refractivity contribution in [2.75, 3.05) is 5.75 Å². The quantitative estimate of drug-likeness (QED) is 0.723. The molecule has 2 aromatic carbocycles. The van der Waals surface area contributed by atoms with Gasteiger partial charge in [0.05, 0.1) is 17.2 Å². The largest absolute Gasteiger partial charge is 0.357 e. The number of aromatic amines is 1. The predicted octanol–water partition coefficient (Wildman–Crippen LogP) is 2.65. The van der Waals surface area contributed by atoms with Crippen LogP contribution in [0.1, 0.15) is 12.1 Å². The van der Waals surface area contributed by atoms with Crippen molar-refractivity contribution < 1.29 is 13.2 Å². The molecule has 0 atom stereocenters. The molecule has 0 bridgehead atoms. The summed E-state index contributed by atoms with van der Waals surface area (Å²) >= 11 is 0. The van der Waals surface area contributed by atoms with Crippen LogP contribution in [-0.2, 0) is 21.2 Å². The molecule has 124 valence electrons. The van der Waals surface area contributed by atoms with Crippen LogP contribution < -0.4 is 5.32 Å². The van der Waals surface area contributed by atoms with Gasteiger partial charge in [-0.1, -0.05) is 36.4 Å². The van der Waals surface area contributed by atoms with E-state index in [-0.39, 0.29) is 23.0 Å². The zero-order chi connectivity index (χ0) is 17.0. The summed E-state index contributed by atoms with van der Waals surface area (Å²) in [6.07, 6.45) is -0.0581. The number of carbonyl (C=O) groups excluding carboxylic acids is 1. The Balaban J connectivity index is 1.54. The van der Waals surface area contributed by atoms with Crippen LogP contribution in [-0.4, -0.2) is 25.1 Å². The molecular formula is C18H18N2O3S. The summed E-state index contributed by atoms with van der Waals surface area (Å²) in [5.74, 6) is -0.483. The highest BCUT2D eigenvalue weighted by molar-refractivity contribution is 7.91. The number of amides is 1. The summed E-state index contributed by atoms with van der Waals surface area (Å²) in [4.78, 5) is 15.4. The van der Waals surface area contributed by atoms with Gasteiger partial charge in [0.2, 0.25) is 5.91 Å². The maximum Gasteiger partial charge on any atom is 0.221 e. The molecule has 24 heavy (non-hydrogen) atoms. The molecule has 1 amide bonds. The van der Waals surface area contributed by atoms with Gasteiger partial charge in [0.25, 0.3) is 0 Å². The molecule has 0 aliphatic heterocycles. The minimum absolute atomic E-state index is 0.0581. The van der Waals surface area contributed by atoms with Gasteiger partial charge in [0.15, 0.2) is 9.84 Å². The number of para-hydroxylation sites is 1. The Morgan fingerprint density at radius 2 is 1.71 bits per heavy atom. The summed E-state index contributed by atoms with van der Waals surface area (Å²) < 4.78 is 24.3. The van der Waals surface area contributed by atoms with Gasteiger partial charge >= 0.3 is 0 Å². The number of sulfone groups is 1. The second-order valence-electron chi connectivity index (χ2n) is 5.54. The summed E-state index contributed by atoms with van der Waals surface area (Å²) in [5, 5.41) is 3.83. The van der Waals surface area contributed by atoms with Crippen molar-refractivity contribution in [2.45, 2.75) is 17.9 Å². The van der Waals surface area contributed by atoms with E-state index in [4.69, 9.17) is 0 Å². The molecule has 0 saturated carbocycles. The van der Waals surface area contributed by atoms with Gasteiger partial charge in [-0.2, -0.15) is 0 Å². The molecule has 0 radical (unpaired) electrons. The number of nitrogens with one attached hydrogen (secondary N) is 2. The van der Waals surface area contributed by atoms with E-state index in [0.717, 1.165) is 16.6 Å². The van der Waals surface area contributed by atoms with Crippen LogP contribution in [0.5, 0.6) is 0 Å². The molecule has 2 N–H and O–H groups in total. The fraction of sp³-hybridized carbons (Fsp3) is 0.167. The molecule has 0 fully saturated rings. The topological polar surface area (TPSA) is 79.0 Å². The van der Waals surface area contributed by atoms with Gasteiger partial charge in [-0.3, -0.25) is 4.79 Å². The average molecular weight is 342 g/mol. The number of carbonyl (C=O) groups is 1. The van der Waals surface area contributed by atoms with Crippen molar-refractivity contribution in [1.29, 1.82) is 0 Å². The first kappa shape index (κ1) is 16.3. The van der Waals surface area contributed by atoms with E-state index in [2.05, 4.69) is 10.3 Å². The molecule has 6 heteroatoms. The highest BCUT2D eigenvalue weighted by atomic mass is 32.2. The molecule has 3 rings (SSSR count). The summed E-state index contributed by atoms with van der Waals surface area (Å²) in [6.45, 7) is 0.346. The van der Waals surface area contributed by atoms with Crippen molar-refractivity contribution in [1.82, 2.24) is 10.3 Å². The van der Waals surface area contributed by atoms with Crippen molar-refractivity contribution in [2.24, 2.45) is 0 Å². The van der Waals surface area contributed by atoms with E-state index in [9.17, 15) is 13.2 Å². The number of rotatable bonds is 6. The van der Waals surface area contributed by atoms with Crippen LogP contribution in [0.15, 0.2) is 65.6 Å². The van der Waals surface area contributed by atoms with Gasteiger partial charge in [-0.05, 0) is 29.7 Å². The molecular weight excluding hydrogens is 324 g/mol. The molecule has 1 aromatic heterocycles. The van der Waals surface area contributed by atoms with Crippen LogP contribution in [0.3, 0.4) is 0 Å². The lowest BCUT2D eigenvalue weighted by atomic mass is 10.2. The zero-order valence-corrected chi connectivity index (χ0v) is 13.8. The number of H-pyrrole nitrogens is 1. The Kier molecular flexibility index (Phi) is 4.66. The number of benzene rings is 2. The van der Waals surface area contributed by atoms with Gasteiger partial charge in [0, 0.05) is 17.6 Å². The normalized spacial score (nSPS) is 11.5. The lowest BCUT2D eigenvalue weighted by Gasteiger charge is -2.05. The minimum Gasteiger partial charge on any atom is -0.357 e. The highest BCUT2D eigenvalue weighted by Crippen LogP contribution is 2.14. The van der Waals surface area contributed by atoms with Crippen LogP contribution in [0.25, 0.3) is 10.9 Å². The zero-order valence-electron chi connectivity index (χ0n) is 13.0. The smallest absolute Gasteiger partial charge is 0.221 e. The Morgan fingerprint density at radius 3 is 2.46 bits per heavy atom. The van der Waals surface area contributed by atoms with Crippen LogP contribution >= 0.6 is 0 Å². The van der Waals surface area contributed by atoms with Gasteiger partial charge < -0.3 is 10.3 Å². The van der Waals surface area contributed by atoms with E-state index < -0.39 is 9.84 Å². The third kappa shape index (κ3) is 3.83. The standard InChI is InChI=1S/C18H18N2O3S/c21-18(10-11-24(22,23)16-7-2-1-3-8-16)19-13-15-12-14-6-4-5-9-17(14)20-15/h1-9,12,20H,10-11,13H2,(H,19,21). The average Bonchev–Trinajstić information content (AvgIpc) is 3.02.